The van der Waals surface area contributed by atoms with Crippen LogP contribution in [-0.2, 0) is 9.59 Å². The molecule has 2 unspecified atom stereocenters. The van der Waals surface area contributed by atoms with Crippen LogP contribution in [0.5, 0.6) is 0 Å². The molecule has 5 heteroatoms. The molecule has 1 aliphatic heterocycles. The Bertz CT molecular complexity index is 546. The summed E-state index contributed by atoms with van der Waals surface area (Å²) in [4.78, 5) is 24.7. The zero-order valence-corrected chi connectivity index (χ0v) is 12.8. The number of amides is 1. The van der Waals surface area contributed by atoms with E-state index >= 15 is 0 Å². The number of hydrogen-bond acceptors (Lipinski definition) is 2. The van der Waals surface area contributed by atoms with Crippen LogP contribution in [0, 0.1) is 11.7 Å². The van der Waals surface area contributed by atoms with Crippen molar-refractivity contribution in [3.63, 3.8) is 0 Å². The summed E-state index contributed by atoms with van der Waals surface area (Å²) < 4.78 is 13.4. The minimum atomic E-state index is -0.833. The van der Waals surface area contributed by atoms with Gasteiger partial charge in [0.15, 0.2) is 0 Å². The highest BCUT2D eigenvalue weighted by atomic mass is 19.1. The highest BCUT2D eigenvalue weighted by Gasteiger charge is 2.35. The molecule has 1 saturated heterocycles. The second kappa shape index (κ2) is 7.38. The van der Waals surface area contributed by atoms with E-state index in [0.29, 0.717) is 31.7 Å². The van der Waals surface area contributed by atoms with E-state index in [1.165, 1.54) is 12.1 Å². The highest BCUT2D eigenvalue weighted by Crippen LogP contribution is 2.37. The summed E-state index contributed by atoms with van der Waals surface area (Å²) in [6, 6.07) is 6.35. The van der Waals surface area contributed by atoms with Crippen LogP contribution in [0.25, 0.3) is 0 Å². The van der Waals surface area contributed by atoms with Gasteiger partial charge in [-0.05, 0) is 42.9 Å². The quantitative estimate of drug-likeness (QED) is 0.820. The molecule has 1 aromatic carbocycles. The number of nitrogens with zero attached hydrogens (tertiary/aromatic N) is 1. The van der Waals surface area contributed by atoms with E-state index in [-0.39, 0.29) is 24.2 Å². The number of benzene rings is 1. The fraction of sp³-hybridized carbons (Fsp3) is 0.529. The molecule has 120 valence electrons. The Hall–Kier alpha value is -1.91. The molecule has 22 heavy (non-hydrogen) atoms. The van der Waals surface area contributed by atoms with Crippen LogP contribution < -0.4 is 0 Å². The lowest BCUT2D eigenvalue weighted by Gasteiger charge is -2.27. The van der Waals surface area contributed by atoms with Crippen LogP contribution in [0.1, 0.15) is 50.6 Å². The summed E-state index contributed by atoms with van der Waals surface area (Å²) >= 11 is 0. The minimum absolute atomic E-state index is 0.0315. The van der Waals surface area contributed by atoms with E-state index in [9.17, 15) is 14.0 Å². The summed E-state index contributed by atoms with van der Waals surface area (Å²) in [6.07, 6.45) is 2.44. The number of rotatable bonds is 6. The number of carbonyl (C=O) groups excluding carboxylic acids is 1. The Balaban J connectivity index is 1.99. The first-order valence-electron chi connectivity index (χ1n) is 7.75. The van der Waals surface area contributed by atoms with Gasteiger partial charge in [-0.1, -0.05) is 19.1 Å². The largest absolute Gasteiger partial charge is 0.481 e. The fourth-order valence-electron chi connectivity index (χ4n) is 3.12. The molecule has 0 saturated carbocycles. The molecule has 0 bridgehead atoms. The number of halogens is 1. The van der Waals surface area contributed by atoms with Crippen molar-refractivity contribution < 1.29 is 19.1 Å². The van der Waals surface area contributed by atoms with Crippen LogP contribution in [0.4, 0.5) is 4.39 Å². The van der Waals surface area contributed by atoms with Crippen molar-refractivity contribution in [3.8, 4) is 0 Å². The number of likely N-dealkylation sites (tertiary alicyclic amines) is 1. The normalized spacial score (nSPS) is 21.1. The van der Waals surface area contributed by atoms with Gasteiger partial charge in [0.05, 0.1) is 6.04 Å². The summed E-state index contributed by atoms with van der Waals surface area (Å²) in [5, 5.41) is 8.61. The number of unbranched alkanes of at least 4 members (excludes halogenated alkanes) is 1. The van der Waals surface area contributed by atoms with Gasteiger partial charge in [0.25, 0.3) is 0 Å². The maximum atomic E-state index is 13.4. The Morgan fingerprint density at radius 1 is 1.32 bits per heavy atom. The molecule has 2 atom stereocenters. The summed E-state index contributed by atoms with van der Waals surface area (Å²) in [5.41, 5.74) is 0.837. The van der Waals surface area contributed by atoms with Gasteiger partial charge >= 0.3 is 5.97 Å². The molecule has 1 fully saturated rings. The number of carbonyl (C=O) groups is 2. The zero-order chi connectivity index (χ0) is 16.1. The molecule has 0 aromatic heterocycles. The number of carboxylic acid groups (broad SMARTS) is 1. The maximum Gasteiger partial charge on any atom is 0.303 e. The van der Waals surface area contributed by atoms with Gasteiger partial charge in [-0.15, -0.1) is 0 Å². The smallest absolute Gasteiger partial charge is 0.303 e. The van der Waals surface area contributed by atoms with Crippen molar-refractivity contribution in [2.24, 2.45) is 5.92 Å². The Morgan fingerprint density at radius 3 is 2.73 bits per heavy atom. The molecule has 0 spiro atoms. The molecule has 4 nitrogen and oxygen atoms in total. The Labute approximate surface area is 129 Å². The second-order valence-electron chi connectivity index (χ2n) is 5.95. The van der Waals surface area contributed by atoms with Gasteiger partial charge in [0.1, 0.15) is 5.82 Å². The topological polar surface area (TPSA) is 57.6 Å². The van der Waals surface area contributed by atoms with Crippen molar-refractivity contribution >= 4 is 11.9 Å². The van der Waals surface area contributed by atoms with Crippen molar-refractivity contribution in [2.75, 3.05) is 6.54 Å². The lowest BCUT2D eigenvalue weighted by molar-refractivity contribution is -0.137. The first-order chi connectivity index (χ1) is 10.5. The molecule has 1 aliphatic rings. The standard InChI is InChI=1S/C17H22FNO3/c1-12-9-10-19(15(20)7-2-3-8-16(21)22)17(12)13-5-4-6-14(18)11-13/h4-6,11-12,17H,2-3,7-10H2,1H3,(H,21,22). The van der Waals surface area contributed by atoms with Gasteiger partial charge in [-0.3, -0.25) is 9.59 Å². The Kier molecular flexibility index (Phi) is 5.52. The SMILES string of the molecule is CC1CCN(C(=O)CCCCC(=O)O)C1c1cccc(F)c1. The molecule has 0 radical (unpaired) electrons. The third kappa shape index (κ3) is 4.06. The van der Waals surface area contributed by atoms with Gasteiger partial charge in [-0.25, -0.2) is 4.39 Å². The first-order valence-corrected chi connectivity index (χ1v) is 7.75. The third-order valence-electron chi connectivity index (χ3n) is 4.24. The van der Waals surface area contributed by atoms with Crippen LogP contribution in [0.3, 0.4) is 0 Å². The average Bonchev–Trinajstić information content (AvgIpc) is 2.85. The molecule has 1 heterocycles. The molecular formula is C17H22FNO3. The Morgan fingerprint density at radius 2 is 2.05 bits per heavy atom. The number of aliphatic carboxylic acids is 1. The van der Waals surface area contributed by atoms with Crippen LogP contribution in [-0.4, -0.2) is 28.4 Å². The third-order valence-corrected chi connectivity index (χ3v) is 4.24. The van der Waals surface area contributed by atoms with E-state index in [1.807, 2.05) is 11.0 Å². The van der Waals surface area contributed by atoms with Gasteiger partial charge in [-0.2, -0.15) is 0 Å². The van der Waals surface area contributed by atoms with Crippen LogP contribution in [0.2, 0.25) is 0 Å². The molecule has 1 N–H and O–H groups in total. The van der Waals surface area contributed by atoms with E-state index in [1.54, 1.807) is 6.07 Å². The van der Waals surface area contributed by atoms with Crippen LogP contribution in [0.15, 0.2) is 24.3 Å². The van der Waals surface area contributed by atoms with E-state index in [2.05, 4.69) is 6.92 Å². The van der Waals surface area contributed by atoms with Crippen molar-refractivity contribution in [3.05, 3.63) is 35.6 Å². The van der Waals surface area contributed by atoms with Gasteiger partial charge in [0.2, 0.25) is 5.91 Å². The van der Waals surface area contributed by atoms with Gasteiger partial charge < -0.3 is 10.0 Å². The molecule has 1 aromatic rings. The number of carboxylic acids is 1. The van der Waals surface area contributed by atoms with Crippen molar-refractivity contribution in [2.45, 2.75) is 45.1 Å². The van der Waals surface area contributed by atoms with Crippen molar-refractivity contribution in [1.29, 1.82) is 0 Å². The van der Waals surface area contributed by atoms with E-state index < -0.39 is 5.97 Å². The van der Waals surface area contributed by atoms with Crippen LogP contribution >= 0.6 is 0 Å². The lowest BCUT2D eigenvalue weighted by Crippen LogP contribution is -2.31. The number of hydrogen-bond donors (Lipinski definition) is 1. The summed E-state index contributed by atoms with van der Waals surface area (Å²) in [5.74, 6) is -0.792. The molecule has 1 amide bonds. The van der Waals surface area contributed by atoms with Gasteiger partial charge in [0, 0.05) is 19.4 Å². The highest BCUT2D eigenvalue weighted by molar-refractivity contribution is 5.77. The van der Waals surface area contributed by atoms with E-state index in [0.717, 1.165) is 12.0 Å². The second-order valence-corrected chi connectivity index (χ2v) is 5.95. The average molecular weight is 307 g/mol. The fourth-order valence-corrected chi connectivity index (χ4v) is 3.12. The molecular weight excluding hydrogens is 285 g/mol. The predicted octanol–water partition coefficient (Wildman–Crippen LogP) is 3.38. The maximum absolute atomic E-state index is 13.4. The summed E-state index contributed by atoms with van der Waals surface area (Å²) in [6.45, 7) is 2.76. The molecule has 0 aliphatic carbocycles. The first kappa shape index (κ1) is 16.5. The molecule has 2 rings (SSSR count). The zero-order valence-electron chi connectivity index (χ0n) is 12.8. The van der Waals surface area contributed by atoms with Crippen molar-refractivity contribution in [1.82, 2.24) is 4.90 Å². The predicted molar refractivity (Wildman–Crippen MR) is 80.7 cm³/mol. The monoisotopic (exact) mass is 307 g/mol. The lowest BCUT2D eigenvalue weighted by atomic mass is 9.95. The van der Waals surface area contributed by atoms with E-state index in [4.69, 9.17) is 5.11 Å². The summed E-state index contributed by atoms with van der Waals surface area (Å²) in [7, 11) is 0. The minimum Gasteiger partial charge on any atom is -0.481 e.